The number of aromatic carboxylic acids is 1. The molecule has 0 saturated heterocycles. The predicted molar refractivity (Wildman–Crippen MR) is 103 cm³/mol. The monoisotopic (exact) mass is 345 g/mol. The fraction of sp³-hybridized carbons (Fsp3) is 0.0909. The van der Waals surface area contributed by atoms with E-state index in [0.29, 0.717) is 16.7 Å². The molecule has 0 heterocycles. The zero-order valence-corrected chi connectivity index (χ0v) is 14.4. The number of carboxylic acids is 1. The van der Waals surface area contributed by atoms with Crippen LogP contribution in [-0.2, 0) is 6.42 Å². The van der Waals surface area contributed by atoms with Crippen molar-refractivity contribution in [3.05, 3.63) is 89.0 Å². The van der Waals surface area contributed by atoms with E-state index in [-0.39, 0.29) is 17.0 Å². The number of carbonyl (C=O) groups excluding carboxylic acids is 1. The molecule has 130 valence electrons. The van der Waals surface area contributed by atoms with E-state index in [2.05, 4.69) is 0 Å². The molecule has 3 aromatic carbocycles. The van der Waals surface area contributed by atoms with Crippen LogP contribution in [0.3, 0.4) is 0 Å². The van der Waals surface area contributed by atoms with Gasteiger partial charge in [0.1, 0.15) is 0 Å². The maximum Gasteiger partial charge on any atom is 0.335 e. The van der Waals surface area contributed by atoms with E-state index in [1.54, 1.807) is 24.3 Å². The van der Waals surface area contributed by atoms with Crippen LogP contribution in [0.1, 0.15) is 38.8 Å². The van der Waals surface area contributed by atoms with E-state index in [1.165, 1.54) is 12.1 Å². The fourth-order valence-corrected chi connectivity index (χ4v) is 3.08. The highest BCUT2D eigenvalue weighted by molar-refractivity contribution is 6.17. The normalized spacial score (nSPS) is 10.5. The molecule has 0 amide bonds. The largest absolute Gasteiger partial charge is 0.478 e. The van der Waals surface area contributed by atoms with Crippen LogP contribution in [0.25, 0.3) is 11.1 Å². The second-order valence-electron chi connectivity index (χ2n) is 6.00. The van der Waals surface area contributed by atoms with E-state index in [1.807, 2.05) is 37.3 Å². The van der Waals surface area contributed by atoms with Gasteiger partial charge in [-0.25, -0.2) is 4.79 Å². The van der Waals surface area contributed by atoms with Crippen LogP contribution in [0.15, 0.2) is 66.7 Å². The first kappa shape index (κ1) is 17.4. The number of hydrogen-bond donors (Lipinski definition) is 2. The highest BCUT2D eigenvalue weighted by Crippen LogP contribution is 2.34. The third-order valence-electron chi connectivity index (χ3n) is 4.37. The number of nitrogens with two attached hydrogens (primary N) is 1. The summed E-state index contributed by atoms with van der Waals surface area (Å²) in [4.78, 5) is 24.6. The molecule has 0 aliphatic rings. The molecule has 4 heteroatoms. The fourth-order valence-electron chi connectivity index (χ4n) is 3.08. The van der Waals surface area contributed by atoms with Crippen LogP contribution in [-0.4, -0.2) is 16.9 Å². The Morgan fingerprint density at radius 1 is 0.885 bits per heavy atom. The van der Waals surface area contributed by atoms with Crippen molar-refractivity contribution < 1.29 is 14.7 Å². The van der Waals surface area contributed by atoms with Gasteiger partial charge < -0.3 is 10.8 Å². The van der Waals surface area contributed by atoms with E-state index < -0.39 is 5.97 Å². The Balaban J connectivity index is 2.30. The Morgan fingerprint density at radius 3 is 2.19 bits per heavy atom. The van der Waals surface area contributed by atoms with Crippen molar-refractivity contribution in [2.75, 3.05) is 5.73 Å². The van der Waals surface area contributed by atoms with Gasteiger partial charge in [-0.2, -0.15) is 0 Å². The molecule has 0 aliphatic heterocycles. The number of hydrogen-bond acceptors (Lipinski definition) is 3. The van der Waals surface area contributed by atoms with Crippen LogP contribution < -0.4 is 5.73 Å². The van der Waals surface area contributed by atoms with Gasteiger partial charge >= 0.3 is 5.97 Å². The highest BCUT2D eigenvalue weighted by Gasteiger charge is 2.21. The van der Waals surface area contributed by atoms with Crippen LogP contribution in [0.2, 0.25) is 0 Å². The number of rotatable bonds is 5. The number of nitrogen functional groups attached to an aromatic ring is 1. The summed E-state index contributed by atoms with van der Waals surface area (Å²) < 4.78 is 0. The molecule has 0 bridgehead atoms. The lowest BCUT2D eigenvalue weighted by Crippen LogP contribution is -2.10. The third kappa shape index (κ3) is 3.22. The van der Waals surface area contributed by atoms with Gasteiger partial charge in [-0.05, 0) is 35.2 Å². The minimum atomic E-state index is -1.08. The molecule has 3 rings (SSSR count). The second-order valence-corrected chi connectivity index (χ2v) is 6.00. The minimum Gasteiger partial charge on any atom is -0.478 e. The smallest absolute Gasteiger partial charge is 0.335 e. The standard InChI is InChI=1S/C22H19NO3/c1-2-14-8-6-7-11-17(14)18-12-16(22(25)26)13-19(23)20(18)21(24)15-9-4-3-5-10-15/h3-13H,2,23H2,1H3,(H,25,26). The average Bonchev–Trinajstić information content (AvgIpc) is 2.67. The summed E-state index contributed by atoms with van der Waals surface area (Å²) in [5, 5.41) is 9.41. The van der Waals surface area contributed by atoms with E-state index >= 15 is 0 Å². The topological polar surface area (TPSA) is 80.4 Å². The summed E-state index contributed by atoms with van der Waals surface area (Å²) in [6.07, 6.45) is 0.756. The molecule has 3 aromatic rings. The molecule has 0 radical (unpaired) electrons. The van der Waals surface area contributed by atoms with Gasteiger partial charge in [0.25, 0.3) is 0 Å². The van der Waals surface area contributed by atoms with Gasteiger partial charge in [-0.1, -0.05) is 61.5 Å². The molecule has 0 aromatic heterocycles. The van der Waals surface area contributed by atoms with Gasteiger partial charge in [0.2, 0.25) is 0 Å². The first-order chi connectivity index (χ1) is 12.5. The molecule has 26 heavy (non-hydrogen) atoms. The van der Waals surface area contributed by atoms with Crippen molar-refractivity contribution in [3.8, 4) is 11.1 Å². The average molecular weight is 345 g/mol. The first-order valence-corrected chi connectivity index (χ1v) is 8.37. The van der Waals surface area contributed by atoms with Crippen LogP contribution >= 0.6 is 0 Å². The van der Waals surface area contributed by atoms with Crippen molar-refractivity contribution in [2.45, 2.75) is 13.3 Å². The van der Waals surface area contributed by atoms with Crippen LogP contribution in [0, 0.1) is 0 Å². The van der Waals surface area contributed by atoms with E-state index in [0.717, 1.165) is 17.5 Å². The van der Waals surface area contributed by atoms with E-state index in [4.69, 9.17) is 5.73 Å². The lowest BCUT2D eigenvalue weighted by Gasteiger charge is -2.16. The summed E-state index contributed by atoms with van der Waals surface area (Å²) >= 11 is 0. The Kier molecular flexibility index (Phi) is 4.85. The third-order valence-corrected chi connectivity index (χ3v) is 4.37. The number of ketones is 1. The van der Waals surface area contributed by atoms with Crippen molar-refractivity contribution in [1.82, 2.24) is 0 Å². The summed E-state index contributed by atoms with van der Waals surface area (Å²) in [5.74, 6) is -1.30. The van der Waals surface area contributed by atoms with Gasteiger partial charge in [-0.15, -0.1) is 0 Å². The Morgan fingerprint density at radius 2 is 1.54 bits per heavy atom. The molecule has 0 unspecified atom stereocenters. The molecule has 0 saturated carbocycles. The Hall–Kier alpha value is -3.40. The second kappa shape index (κ2) is 7.23. The summed E-state index contributed by atoms with van der Waals surface area (Å²) in [6, 6.07) is 19.4. The van der Waals surface area contributed by atoms with Gasteiger partial charge in [0.05, 0.1) is 11.1 Å². The zero-order valence-electron chi connectivity index (χ0n) is 14.4. The summed E-state index contributed by atoms with van der Waals surface area (Å²) in [6.45, 7) is 2.02. The minimum absolute atomic E-state index is 0.0630. The Bertz CT molecular complexity index is 978. The lowest BCUT2D eigenvalue weighted by molar-refractivity contribution is 0.0696. The van der Waals surface area contributed by atoms with Crippen molar-refractivity contribution in [2.24, 2.45) is 0 Å². The molecule has 3 N–H and O–H groups in total. The summed E-state index contributed by atoms with van der Waals surface area (Å²) in [7, 11) is 0. The molecule has 0 spiro atoms. The predicted octanol–water partition coefficient (Wildman–Crippen LogP) is 4.43. The van der Waals surface area contributed by atoms with Crippen LogP contribution in [0.4, 0.5) is 5.69 Å². The molecule has 0 atom stereocenters. The molecule has 0 aliphatic carbocycles. The number of anilines is 1. The molecule has 4 nitrogen and oxygen atoms in total. The van der Waals surface area contributed by atoms with Gasteiger partial charge in [0.15, 0.2) is 5.78 Å². The van der Waals surface area contributed by atoms with Gasteiger partial charge in [-0.3, -0.25) is 4.79 Å². The lowest BCUT2D eigenvalue weighted by atomic mass is 9.88. The van der Waals surface area contributed by atoms with Crippen molar-refractivity contribution in [1.29, 1.82) is 0 Å². The maximum atomic E-state index is 13.1. The molecular weight excluding hydrogens is 326 g/mol. The van der Waals surface area contributed by atoms with Crippen LogP contribution in [0.5, 0.6) is 0 Å². The number of benzene rings is 3. The Labute approximate surface area is 151 Å². The molecular formula is C22H19NO3. The van der Waals surface area contributed by atoms with Crippen molar-refractivity contribution in [3.63, 3.8) is 0 Å². The zero-order chi connectivity index (χ0) is 18.7. The van der Waals surface area contributed by atoms with Gasteiger partial charge in [0, 0.05) is 11.3 Å². The SMILES string of the molecule is CCc1ccccc1-c1cc(C(=O)O)cc(N)c1C(=O)c1ccccc1. The summed E-state index contributed by atoms with van der Waals surface area (Å²) in [5.41, 5.74) is 9.62. The number of aryl methyl sites for hydroxylation is 1. The maximum absolute atomic E-state index is 13.1. The van der Waals surface area contributed by atoms with E-state index in [9.17, 15) is 14.7 Å². The number of carboxylic acid groups (broad SMARTS) is 1. The van der Waals surface area contributed by atoms with Crippen molar-refractivity contribution >= 4 is 17.4 Å². The number of carbonyl (C=O) groups is 2. The first-order valence-electron chi connectivity index (χ1n) is 8.37. The molecule has 0 fully saturated rings. The quantitative estimate of drug-likeness (QED) is 0.529. The highest BCUT2D eigenvalue weighted by atomic mass is 16.4.